The zero-order chi connectivity index (χ0) is 27.6. The van der Waals surface area contributed by atoms with Crippen LogP contribution in [0.2, 0.25) is 5.02 Å². The van der Waals surface area contributed by atoms with Crippen LogP contribution in [0.5, 0.6) is 0 Å². The standard InChI is InChI=1S/C32H44ClN5O.ClH/c1-23-19-37(20-24(2)35-23)22-32(3)13-12-30(25-4-8-28(33)9-5-25)27(18-32)21-36-14-16-38(17-15-36)29-10-6-26(7-11-29)31(34)39;/h4-11,23-24,35H,12-22H2,1-3H3,(H2,34,39);1H/t23?,24?,32-;/m1./s1. The fraction of sp³-hybridized carbons (Fsp3) is 0.531. The van der Waals surface area contributed by atoms with E-state index in [-0.39, 0.29) is 23.7 Å². The van der Waals surface area contributed by atoms with Gasteiger partial charge in [-0.1, -0.05) is 36.2 Å². The molecule has 2 unspecified atom stereocenters. The van der Waals surface area contributed by atoms with Crippen LogP contribution in [0, 0.1) is 5.41 Å². The van der Waals surface area contributed by atoms with Crippen LogP contribution in [0.3, 0.4) is 0 Å². The first-order chi connectivity index (χ1) is 18.7. The number of amides is 1. The van der Waals surface area contributed by atoms with Crippen LogP contribution in [0.15, 0.2) is 54.1 Å². The second kappa shape index (κ2) is 13.3. The van der Waals surface area contributed by atoms with E-state index in [4.69, 9.17) is 17.3 Å². The maximum atomic E-state index is 11.4. The molecule has 1 amide bonds. The van der Waals surface area contributed by atoms with Crippen LogP contribution >= 0.6 is 24.0 Å². The van der Waals surface area contributed by atoms with Crippen molar-refractivity contribution < 1.29 is 4.79 Å². The Bertz CT molecular complexity index is 1170. The van der Waals surface area contributed by atoms with Gasteiger partial charge in [0.15, 0.2) is 0 Å². The van der Waals surface area contributed by atoms with E-state index in [2.05, 4.69) is 52.9 Å². The lowest BCUT2D eigenvalue weighted by atomic mass is 9.71. The van der Waals surface area contributed by atoms with Crippen molar-refractivity contribution in [1.82, 2.24) is 15.1 Å². The molecule has 8 heteroatoms. The largest absolute Gasteiger partial charge is 0.369 e. The summed E-state index contributed by atoms with van der Waals surface area (Å²) >= 11 is 6.25. The molecule has 2 aliphatic heterocycles. The van der Waals surface area contributed by atoms with Crippen LogP contribution in [-0.4, -0.2) is 80.1 Å². The predicted molar refractivity (Wildman–Crippen MR) is 170 cm³/mol. The van der Waals surface area contributed by atoms with E-state index >= 15 is 0 Å². The number of rotatable bonds is 7. The van der Waals surface area contributed by atoms with Crippen molar-refractivity contribution in [2.75, 3.05) is 57.3 Å². The Hall–Kier alpha value is -2.09. The maximum Gasteiger partial charge on any atom is 0.248 e. The summed E-state index contributed by atoms with van der Waals surface area (Å²) in [7, 11) is 0. The first-order valence-electron chi connectivity index (χ1n) is 14.5. The average molecular weight is 587 g/mol. The highest BCUT2D eigenvalue weighted by atomic mass is 35.5. The molecule has 218 valence electrons. The Morgan fingerprint density at radius 3 is 2.20 bits per heavy atom. The fourth-order valence-corrected chi connectivity index (χ4v) is 7.11. The number of nitrogens with one attached hydrogen (secondary N) is 1. The van der Waals surface area contributed by atoms with Gasteiger partial charge < -0.3 is 16.0 Å². The average Bonchev–Trinajstić information content (AvgIpc) is 2.89. The summed E-state index contributed by atoms with van der Waals surface area (Å²) in [5.74, 6) is -0.378. The summed E-state index contributed by atoms with van der Waals surface area (Å²) < 4.78 is 0. The van der Waals surface area contributed by atoms with Gasteiger partial charge in [0.2, 0.25) is 5.91 Å². The van der Waals surface area contributed by atoms with Gasteiger partial charge in [0.1, 0.15) is 0 Å². The summed E-state index contributed by atoms with van der Waals surface area (Å²) in [4.78, 5) is 19.2. The maximum absolute atomic E-state index is 11.4. The second-order valence-electron chi connectivity index (χ2n) is 12.4. The number of nitrogens with two attached hydrogens (primary N) is 1. The number of hydrogen-bond donors (Lipinski definition) is 2. The number of halogens is 2. The van der Waals surface area contributed by atoms with Gasteiger partial charge in [-0.05, 0) is 86.1 Å². The molecule has 0 spiro atoms. The Morgan fingerprint density at radius 2 is 1.60 bits per heavy atom. The Kier molecular flexibility index (Phi) is 10.2. The molecular weight excluding hydrogens is 541 g/mol. The predicted octanol–water partition coefficient (Wildman–Crippen LogP) is 5.31. The third kappa shape index (κ3) is 7.59. The summed E-state index contributed by atoms with van der Waals surface area (Å²) in [6, 6.07) is 17.2. The first-order valence-corrected chi connectivity index (χ1v) is 14.9. The SMILES string of the molecule is CC1CN(C[C@]2(C)CCC(c3ccc(Cl)cc3)=C(CN3CCN(c4ccc(C(N)=O)cc4)CC3)C2)CC(C)N1.Cl. The van der Waals surface area contributed by atoms with E-state index in [0.717, 1.165) is 75.9 Å². The van der Waals surface area contributed by atoms with Crippen molar-refractivity contribution in [3.8, 4) is 0 Å². The molecule has 3 N–H and O–H groups in total. The summed E-state index contributed by atoms with van der Waals surface area (Å²) in [6.07, 6.45) is 3.49. The van der Waals surface area contributed by atoms with Crippen molar-refractivity contribution in [2.45, 2.75) is 52.1 Å². The highest BCUT2D eigenvalue weighted by Gasteiger charge is 2.36. The molecule has 0 aromatic heterocycles. The minimum Gasteiger partial charge on any atom is -0.369 e. The Morgan fingerprint density at radius 1 is 0.975 bits per heavy atom. The number of primary amides is 1. The highest BCUT2D eigenvalue weighted by Crippen LogP contribution is 2.44. The summed E-state index contributed by atoms with van der Waals surface area (Å²) in [5, 5.41) is 4.48. The minimum atomic E-state index is -0.378. The van der Waals surface area contributed by atoms with Crippen molar-refractivity contribution in [3.05, 3.63) is 70.3 Å². The number of carbonyl (C=O) groups is 1. The molecule has 2 saturated heterocycles. The molecule has 2 heterocycles. The van der Waals surface area contributed by atoms with Gasteiger partial charge in [-0.2, -0.15) is 0 Å². The molecule has 3 atom stereocenters. The molecule has 2 aromatic carbocycles. The number of nitrogens with zero attached hydrogens (tertiary/aromatic N) is 3. The zero-order valence-electron chi connectivity index (χ0n) is 24.2. The molecule has 1 aliphatic carbocycles. The van der Waals surface area contributed by atoms with E-state index in [1.165, 1.54) is 17.6 Å². The van der Waals surface area contributed by atoms with Crippen molar-refractivity contribution >= 4 is 41.2 Å². The monoisotopic (exact) mass is 585 g/mol. The Labute approximate surface area is 251 Å². The van der Waals surface area contributed by atoms with Gasteiger partial charge in [-0.3, -0.25) is 14.6 Å². The molecule has 40 heavy (non-hydrogen) atoms. The van der Waals surface area contributed by atoms with Gasteiger partial charge in [0.25, 0.3) is 0 Å². The number of allylic oxidation sites excluding steroid dienone is 1. The number of hydrogen-bond acceptors (Lipinski definition) is 5. The highest BCUT2D eigenvalue weighted by molar-refractivity contribution is 6.30. The quantitative estimate of drug-likeness (QED) is 0.461. The third-order valence-electron chi connectivity index (χ3n) is 8.78. The van der Waals surface area contributed by atoms with E-state index < -0.39 is 0 Å². The molecular formula is C32H45Cl2N5O. The molecule has 0 radical (unpaired) electrons. The Balaban J connectivity index is 0.00000370. The molecule has 2 fully saturated rings. The smallest absolute Gasteiger partial charge is 0.248 e. The molecule has 0 saturated carbocycles. The van der Waals surface area contributed by atoms with Crippen molar-refractivity contribution in [1.29, 1.82) is 0 Å². The topological polar surface area (TPSA) is 64.8 Å². The number of piperazine rings is 2. The van der Waals surface area contributed by atoms with E-state index in [9.17, 15) is 4.79 Å². The minimum absolute atomic E-state index is 0. The molecule has 0 bridgehead atoms. The first kappa shape index (κ1) is 30.9. The van der Waals surface area contributed by atoms with Gasteiger partial charge in [-0.15, -0.1) is 12.4 Å². The molecule has 3 aliphatic rings. The van der Waals surface area contributed by atoms with Crippen LogP contribution in [-0.2, 0) is 0 Å². The second-order valence-corrected chi connectivity index (χ2v) is 12.9. The van der Waals surface area contributed by atoms with E-state index in [1.807, 2.05) is 36.4 Å². The number of anilines is 1. The lowest BCUT2D eigenvalue weighted by Gasteiger charge is -2.45. The molecule has 2 aromatic rings. The normalized spacial score (nSPS) is 26.4. The van der Waals surface area contributed by atoms with Gasteiger partial charge in [-0.25, -0.2) is 0 Å². The molecule has 5 rings (SSSR count). The van der Waals surface area contributed by atoms with Crippen LogP contribution in [0.1, 0.15) is 56.0 Å². The van der Waals surface area contributed by atoms with Crippen LogP contribution in [0.4, 0.5) is 5.69 Å². The van der Waals surface area contributed by atoms with Gasteiger partial charge in [0.05, 0.1) is 0 Å². The van der Waals surface area contributed by atoms with Gasteiger partial charge in [0, 0.05) is 80.7 Å². The van der Waals surface area contributed by atoms with Crippen molar-refractivity contribution in [2.24, 2.45) is 11.1 Å². The van der Waals surface area contributed by atoms with Crippen LogP contribution in [0.25, 0.3) is 5.57 Å². The lowest BCUT2D eigenvalue weighted by molar-refractivity contribution is 0.1000. The molecule has 6 nitrogen and oxygen atoms in total. The number of carbonyl (C=O) groups excluding carboxylic acids is 1. The zero-order valence-corrected chi connectivity index (χ0v) is 25.7. The lowest BCUT2D eigenvalue weighted by Crippen LogP contribution is -2.56. The van der Waals surface area contributed by atoms with Crippen molar-refractivity contribution in [3.63, 3.8) is 0 Å². The summed E-state index contributed by atoms with van der Waals surface area (Å²) in [5.41, 5.74) is 11.9. The fourth-order valence-electron chi connectivity index (χ4n) is 6.98. The summed E-state index contributed by atoms with van der Waals surface area (Å²) in [6.45, 7) is 15.6. The van der Waals surface area contributed by atoms with E-state index in [0.29, 0.717) is 17.6 Å². The van der Waals surface area contributed by atoms with Gasteiger partial charge >= 0.3 is 0 Å². The third-order valence-corrected chi connectivity index (χ3v) is 9.03. The number of benzene rings is 2. The van der Waals surface area contributed by atoms with Crippen LogP contribution < -0.4 is 16.0 Å². The van der Waals surface area contributed by atoms with E-state index in [1.54, 1.807) is 5.57 Å².